The molecule has 1 aliphatic rings. The zero-order chi connectivity index (χ0) is 24.9. The van der Waals surface area contributed by atoms with Gasteiger partial charge in [0, 0.05) is 15.1 Å². The van der Waals surface area contributed by atoms with E-state index in [1.165, 1.54) is 0 Å². The van der Waals surface area contributed by atoms with Gasteiger partial charge in [-0.25, -0.2) is 0 Å². The summed E-state index contributed by atoms with van der Waals surface area (Å²) in [5, 5.41) is 2.82. The van der Waals surface area contributed by atoms with Gasteiger partial charge >= 0.3 is 0 Å². The van der Waals surface area contributed by atoms with Crippen molar-refractivity contribution in [2.45, 2.75) is 6.61 Å². The van der Waals surface area contributed by atoms with Crippen LogP contribution in [0.4, 0.5) is 10.5 Å². The summed E-state index contributed by atoms with van der Waals surface area (Å²) in [6, 6.07) is 19.9. The molecule has 1 aliphatic heterocycles. The van der Waals surface area contributed by atoms with Gasteiger partial charge in [-0.2, -0.15) is 0 Å². The van der Waals surface area contributed by atoms with Gasteiger partial charge in [0.15, 0.2) is 0 Å². The first-order valence-electron chi connectivity index (χ1n) is 10.3. The van der Waals surface area contributed by atoms with E-state index in [-0.39, 0.29) is 11.4 Å². The molecule has 0 saturated carbocycles. The zero-order valence-corrected chi connectivity index (χ0v) is 22.7. The first kappa shape index (κ1) is 25.5. The molecule has 0 spiro atoms. The lowest BCUT2D eigenvalue weighted by molar-refractivity contribution is -0.127. The molecule has 0 radical (unpaired) electrons. The second-order valence-electron chi connectivity index (χ2n) is 7.37. The number of ether oxygens (including phenoxy) is 1. The highest BCUT2D eigenvalue weighted by molar-refractivity contribution is 9.11. The van der Waals surface area contributed by atoms with Gasteiger partial charge in [-0.1, -0.05) is 48.0 Å². The number of anilines is 1. The molecule has 0 bridgehead atoms. The van der Waals surface area contributed by atoms with E-state index in [4.69, 9.17) is 16.3 Å². The third-order valence-corrected chi connectivity index (χ3v) is 7.51. The van der Waals surface area contributed by atoms with Crippen LogP contribution in [0.25, 0.3) is 6.08 Å². The van der Waals surface area contributed by atoms with Gasteiger partial charge in [-0.3, -0.25) is 19.3 Å². The fourth-order valence-corrected chi connectivity index (χ4v) is 5.10. The molecule has 3 amide bonds. The molecule has 178 valence electrons. The van der Waals surface area contributed by atoms with Crippen LogP contribution < -0.4 is 10.1 Å². The number of para-hydroxylation sites is 1. The standard InChI is InChI=1S/C25H17Br2ClN2O4S/c26-17-6-2-4-8-20(17)29-23(31)13-30-24(32)22(35-25(30)33)12-15-9-10-21(18(27)11-15)34-14-16-5-1-3-7-19(16)28/h1-12H,13-14H2,(H,29,31)/b22-12+. The Labute approximate surface area is 227 Å². The van der Waals surface area contributed by atoms with Gasteiger partial charge in [-0.05, 0) is 85.6 Å². The largest absolute Gasteiger partial charge is 0.488 e. The minimum absolute atomic E-state index is 0.236. The summed E-state index contributed by atoms with van der Waals surface area (Å²) < 4.78 is 7.24. The van der Waals surface area contributed by atoms with E-state index in [9.17, 15) is 14.4 Å². The average molecular weight is 637 g/mol. The summed E-state index contributed by atoms with van der Waals surface area (Å²) in [5.41, 5.74) is 2.12. The number of imide groups is 1. The van der Waals surface area contributed by atoms with Crippen molar-refractivity contribution in [1.82, 2.24) is 4.90 Å². The number of halogens is 3. The maximum atomic E-state index is 12.8. The molecule has 6 nitrogen and oxygen atoms in total. The molecule has 0 atom stereocenters. The van der Waals surface area contributed by atoms with Crippen LogP contribution in [0.5, 0.6) is 5.75 Å². The first-order valence-corrected chi connectivity index (χ1v) is 13.1. The lowest BCUT2D eigenvalue weighted by Crippen LogP contribution is -2.36. The van der Waals surface area contributed by atoms with Crippen LogP contribution >= 0.6 is 55.2 Å². The summed E-state index contributed by atoms with van der Waals surface area (Å²) in [4.78, 5) is 38.8. The Bertz CT molecular complexity index is 1350. The molecule has 1 fully saturated rings. The smallest absolute Gasteiger partial charge is 0.294 e. The lowest BCUT2D eigenvalue weighted by Gasteiger charge is -2.13. The van der Waals surface area contributed by atoms with Crippen LogP contribution in [0.2, 0.25) is 5.02 Å². The molecule has 3 aromatic carbocycles. The SMILES string of the molecule is O=C(CN1C(=O)S/C(=C/c2ccc(OCc3ccccc3Cl)c(Br)c2)C1=O)Nc1ccccc1Br. The Balaban J connectivity index is 1.41. The van der Waals surface area contributed by atoms with Crippen LogP contribution in [-0.4, -0.2) is 28.5 Å². The number of nitrogens with zero attached hydrogens (tertiary/aromatic N) is 1. The molecule has 0 aromatic heterocycles. The van der Waals surface area contributed by atoms with Crippen molar-refractivity contribution >= 4 is 84.0 Å². The van der Waals surface area contributed by atoms with Crippen LogP contribution in [0.3, 0.4) is 0 Å². The van der Waals surface area contributed by atoms with E-state index in [2.05, 4.69) is 37.2 Å². The lowest BCUT2D eigenvalue weighted by atomic mass is 10.2. The van der Waals surface area contributed by atoms with Gasteiger partial charge in [0.2, 0.25) is 5.91 Å². The van der Waals surface area contributed by atoms with E-state index >= 15 is 0 Å². The Morgan fingerprint density at radius 1 is 1.03 bits per heavy atom. The molecule has 0 aliphatic carbocycles. The number of benzene rings is 3. The zero-order valence-electron chi connectivity index (χ0n) is 18.0. The predicted molar refractivity (Wildman–Crippen MR) is 145 cm³/mol. The minimum atomic E-state index is -0.516. The quantitative estimate of drug-likeness (QED) is 0.280. The monoisotopic (exact) mass is 634 g/mol. The van der Waals surface area contributed by atoms with E-state index in [0.29, 0.717) is 37.6 Å². The number of nitrogens with one attached hydrogen (secondary N) is 1. The van der Waals surface area contributed by atoms with Gasteiger partial charge in [0.05, 0.1) is 15.1 Å². The predicted octanol–water partition coefficient (Wildman–Crippen LogP) is 7.12. The summed E-state index contributed by atoms with van der Waals surface area (Å²) in [6.07, 6.45) is 1.61. The van der Waals surface area contributed by atoms with Crippen molar-refractivity contribution in [3.05, 3.63) is 96.7 Å². The van der Waals surface area contributed by atoms with Gasteiger partial charge in [-0.15, -0.1) is 0 Å². The van der Waals surface area contributed by atoms with Crippen LogP contribution in [0.1, 0.15) is 11.1 Å². The van der Waals surface area contributed by atoms with Crippen molar-refractivity contribution in [3.8, 4) is 5.75 Å². The third-order valence-electron chi connectivity index (χ3n) is 4.92. The fraction of sp³-hybridized carbons (Fsp3) is 0.0800. The second-order valence-corrected chi connectivity index (χ2v) is 10.5. The molecule has 0 unspecified atom stereocenters. The maximum absolute atomic E-state index is 12.8. The van der Waals surface area contributed by atoms with Crippen molar-refractivity contribution in [1.29, 1.82) is 0 Å². The van der Waals surface area contributed by atoms with Crippen molar-refractivity contribution in [2.75, 3.05) is 11.9 Å². The normalized spacial score (nSPS) is 14.5. The third kappa shape index (κ3) is 6.35. The van der Waals surface area contributed by atoms with Crippen molar-refractivity contribution in [3.63, 3.8) is 0 Å². The Kier molecular flexibility index (Phi) is 8.33. The number of hydrogen-bond acceptors (Lipinski definition) is 5. The number of thioether (sulfide) groups is 1. The topological polar surface area (TPSA) is 75.7 Å². The van der Waals surface area contributed by atoms with Crippen LogP contribution in [-0.2, 0) is 16.2 Å². The highest BCUT2D eigenvalue weighted by Gasteiger charge is 2.36. The van der Waals surface area contributed by atoms with Crippen molar-refractivity contribution in [2.24, 2.45) is 0 Å². The second kappa shape index (κ2) is 11.4. The molecule has 10 heteroatoms. The highest BCUT2D eigenvalue weighted by Crippen LogP contribution is 2.34. The Morgan fingerprint density at radius 2 is 1.77 bits per heavy atom. The van der Waals surface area contributed by atoms with Gasteiger partial charge in [0.1, 0.15) is 18.9 Å². The number of amides is 3. The number of carbonyl (C=O) groups excluding carboxylic acids is 3. The molecule has 1 N–H and O–H groups in total. The summed E-state index contributed by atoms with van der Waals surface area (Å²) in [6.45, 7) is -0.0695. The molecular formula is C25H17Br2ClN2O4S. The molecule has 4 rings (SSSR count). The van der Waals surface area contributed by atoms with Gasteiger partial charge < -0.3 is 10.1 Å². The van der Waals surface area contributed by atoms with E-state index in [0.717, 1.165) is 22.2 Å². The maximum Gasteiger partial charge on any atom is 0.294 e. The summed E-state index contributed by atoms with van der Waals surface area (Å²) in [5.74, 6) is -0.375. The molecule has 3 aromatic rings. The van der Waals surface area contributed by atoms with Crippen LogP contribution in [0.15, 0.2) is 80.6 Å². The fourth-order valence-electron chi connectivity index (χ4n) is 3.18. The summed E-state index contributed by atoms with van der Waals surface area (Å²) in [7, 11) is 0. The van der Waals surface area contributed by atoms with Crippen LogP contribution in [0, 0.1) is 0 Å². The summed E-state index contributed by atoms with van der Waals surface area (Å²) >= 11 is 13.8. The molecule has 1 saturated heterocycles. The highest BCUT2D eigenvalue weighted by atomic mass is 79.9. The first-order chi connectivity index (χ1) is 16.8. The number of carbonyl (C=O) groups is 3. The molecule has 1 heterocycles. The van der Waals surface area contributed by atoms with E-state index < -0.39 is 17.1 Å². The number of rotatable bonds is 7. The van der Waals surface area contributed by atoms with E-state index in [1.807, 2.05) is 24.3 Å². The molecular weight excluding hydrogens is 620 g/mol. The Morgan fingerprint density at radius 3 is 2.51 bits per heavy atom. The minimum Gasteiger partial charge on any atom is -0.488 e. The molecule has 35 heavy (non-hydrogen) atoms. The Hall–Kier alpha value is -2.59. The average Bonchev–Trinajstić information content (AvgIpc) is 3.08. The number of hydrogen-bond donors (Lipinski definition) is 1. The van der Waals surface area contributed by atoms with Crippen molar-refractivity contribution < 1.29 is 19.1 Å². The van der Waals surface area contributed by atoms with E-state index in [1.54, 1.807) is 48.5 Å². The van der Waals surface area contributed by atoms with Gasteiger partial charge in [0.25, 0.3) is 11.1 Å².